The van der Waals surface area contributed by atoms with Gasteiger partial charge in [-0.1, -0.05) is 53.7 Å². The van der Waals surface area contributed by atoms with Crippen LogP contribution in [-0.4, -0.2) is 25.9 Å². The van der Waals surface area contributed by atoms with Gasteiger partial charge in [-0.25, -0.2) is 9.97 Å². The van der Waals surface area contributed by atoms with Crippen LogP contribution in [0, 0.1) is 6.92 Å². The number of aromatic nitrogens is 3. The van der Waals surface area contributed by atoms with Crippen molar-refractivity contribution >= 4 is 11.3 Å². The van der Waals surface area contributed by atoms with Gasteiger partial charge in [0, 0.05) is 35.9 Å². The molecule has 2 aromatic heterocycles. The lowest BCUT2D eigenvalue weighted by molar-refractivity contribution is 0.320. The Morgan fingerprint density at radius 3 is 2.17 bits per heavy atom. The number of oxime groups is 1. The Morgan fingerprint density at radius 1 is 0.800 bits per heavy atom. The Hall–Kier alpha value is -4.12. The second-order valence-electron chi connectivity index (χ2n) is 6.80. The molecule has 2 aromatic carbocycles. The molecule has 30 heavy (non-hydrogen) atoms. The topological polar surface area (TPSA) is 71.3 Å². The largest absolute Gasteiger partial charge is 0.410 e. The first-order chi connectivity index (χ1) is 14.8. The number of benzene rings is 2. The van der Waals surface area contributed by atoms with E-state index in [1.165, 1.54) is 6.33 Å². The van der Waals surface area contributed by atoms with Gasteiger partial charge in [0.2, 0.25) is 0 Å². The number of nitrogens with zero attached hydrogens (tertiary/aromatic N) is 4. The van der Waals surface area contributed by atoms with Crippen LogP contribution in [0.15, 0.2) is 103 Å². The molecule has 4 rings (SSSR count). The lowest BCUT2D eigenvalue weighted by atomic mass is 9.91. The van der Waals surface area contributed by atoms with Crippen LogP contribution in [0.2, 0.25) is 0 Å². The average Bonchev–Trinajstić information content (AvgIpc) is 2.82. The van der Waals surface area contributed by atoms with E-state index in [2.05, 4.69) is 51.3 Å². The number of allylic oxidation sites excluding steroid dienone is 1. The molecule has 4 aromatic rings. The highest BCUT2D eigenvalue weighted by Gasteiger charge is 2.11. The molecular formula is C25H20N4O. The monoisotopic (exact) mass is 392 g/mol. The minimum atomic E-state index is 0.469. The van der Waals surface area contributed by atoms with Crippen LogP contribution in [0.3, 0.4) is 0 Å². The summed E-state index contributed by atoms with van der Waals surface area (Å²) in [5.41, 5.74) is 7.44. The van der Waals surface area contributed by atoms with E-state index < -0.39 is 0 Å². The highest BCUT2D eigenvalue weighted by atomic mass is 16.4. The van der Waals surface area contributed by atoms with Crippen molar-refractivity contribution in [2.45, 2.75) is 6.92 Å². The predicted octanol–water partition coefficient (Wildman–Crippen LogP) is 5.16. The molecule has 146 valence electrons. The molecule has 5 nitrogen and oxygen atoms in total. The fourth-order valence-corrected chi connectivity index (χ4v) is 3.31. The van der Waals surface area contributed by atoms with Gasteiger partial charge in [-0.2, -0.15) is 0 Å². The molecule has 0 amide bonds. The molecule has 1 N–H and O–H groups in total. The van der Waals surface area contributed by atoms with E-state index in [1.807, 2.05) is 42.5 Å². The lowest BCUT2D eigenvalue weighted by Crippen LogP contribution is -2.01. The first kappa shape index (κ1) is 19.2. The second-order valence-corrected chi connectivity index (χ2v) is 6.80. The zero-order chi connectivity index (χ0) is 20.8. The van der Waals surface area contributed by atoms with Gasteiger partial charge in [-0.05, 0) is 53.0 Å². The number of hydrogen-bond acceptors (Lipinski definition) is 5. The van der Waals surface area contributed by atoms with Crippen molar-refractivity contribution in [3.8, 4) is 11.1 Å². The minimum absolute atomic E-state index is 0.469. The van der Waals surface area contributed by atoms with Crippen molar-refractivity contribution in [1.82, 2.24) is 15.0 Å². The maximum Gasteiger partial charge on any atom is 0.115 e. The molecule has 0 unspecified atom stereocenters. The van der Waals surface area contributed by atoms with E-state index in [0.717, 1.165) is 39.0 Å². The average molecular weight is 392 g/mol. The standard InChI is InChI=1S/C25H20N4O/c1-18-4-2-3-5-23(18)24(14-25(29-30)21-10-12-26-13-11-21)20-8-6-19(7-9-20)22-15-27-17-28-16-22/h2-17,30H,1H3/b24-14-,29-25+. The lowest BCUT2D eigenvalue weighted by Gasteiger charge is -2.13. The van der Waals surface area contributed by atoms with E-state index in [9.17, 15) is 5.21 Å². The number of aryl methyl sites for hydroxylation is 1. The fraction of sp³-hybridized carbons (Fsp3) is 0.0400. The highest BCUT2D eigenvalue weighted by Crippen LogP contribution is 2.29. The molecule has 0 aliphatic heterocycles. The number of hydrogen-bond donors (Lipinski definition) is 1. The van der Waals surface area contributed by atoms with Crippen molar-refractivity contribution in [1.29, 1.82) is 0 Å². The van der Waals surface area contributed by atoms with Crippen molar-refractivity contribution < 1.29 is 5.21 Å². The van der Waals surface area contributed by atoms with Gasteiger partial charge in [-0.3, -0.25) is 4.98 Å². The van der Waals surface area contributed by atoms with Crippen LogP contribution >= 0.6 is 0 Å². The SMILES string of the molecule is Cc1ccccc1/C(=C\C(=N/O)c1ccncc1)c1ccc(-c2cncnc2)cc1. The Labute approximate surface area is 175 Å². The third kappa shape index (κ3) is 4.15. The first-order valence-electron chi connectivity index (χ1n) is 9.52. The van der Waals surface area contributed by atoms with Gasteiger partial charge in [0.15, 0.2) is 0 Å². The summed E-state index contributed by atoms with van der Waals surface area (Å²) in [7, 11) is 0. The molecular weight excluding hydrogens is 372 g/mol. The molecule has 0 spiro atoms. The van der Waals surface area contributed by atoms with Crippen molar-refractivity contribution in [2.75, 3.05) is 0 Å². The zero-order valence-electron chi connectivity index (χ0n) is 16.5. The summed E-state index contributed by atoms with van der Waals surface area (Å²) in [5, 5.41) is 13.2. The number of rotatable bonds is 5. The van der Waals surface area contributed by atoms with Crippen LogP contribution in [-0.2, 0) is 0 Å². The Balaban J connectivity index is 1.81. The normalized spacial score (nSPS) is 12.0. The molecule has 0 atom stereocenters. The van der Waals surface area contributed by atoms with Gasteiger partial charge in [-0.15, -0.1) is 0 Å². The van der Waals surface area contributed by atoms with E-state index >= 15 is 0 Å². The predicted molar refractivity (Wildman–Crippen MR) is 118 cm³/mol. The van der Waals surface area contributed by atoms with Gasteiger partial charge >= 0.3 is 0 Å². The molecule has 0 radical (unpaired) electrons. The van der Waals surface area contributed by atoms with Gasteiger partial charge in [0.25, 0.3) is 0 Å². The summed E-state index contributed by atoms with van der Waals surface area (Å²) >= 11 is 0. The smallest absolute Gasteiger partial charge is 0.115 e. The quantitative estimate of drug-likeness (QED) is 0.289. The third-order valence-electron chi connectivity index (χ3n) is 4.89. The molecule has 2 heterocycles. The molecule has 5 heteroatoms. The van der Waals surface area contributed by atoms with E-state index in [-0.39, 0.29) is 0 Å². The fourth-order valence-electron chi connectivity index (χ4n) is 3.31. The van der Waals surface area contributed by atoms with Crippen molar-refractivity contribution in [3.63, 3.8) is 0 Å². The van der Waals surface area contributed by atoms with Crippen LogP contribution in [0.1, 0.15) is 22.3 Å². The first-order valence-corrected chi connectivity index (χ1v) is 9.52. The Morgan fingerprint density at radius 2 is 1.50 bits per heavy atom. The molecule has 0 saturated carbocycles. The second kappa shape index (κ2) is 8.92. The molecule has 0 aliphatic carbocycles. The molecule has 0 aliphatic rings. The summed E-state index contributed by atoms with van der Waals surface area (Å²) in [6.07, 6.45) is 10.4. The van der Waals surface area contributed by atoms with Crippen LogP contribution in [0.5, 0.6) is 0 Å². The maximum atomic E-state index is 9.69. The van der Waals surface area contributed by atoms with Gasteiger partial charge in [0.1, 0.15) is 12.0 Å². The summed E-state index contributed by atoms with van der Waals surface area (Å²) in [6, 6.07) is 20.0. The maximum absolute atomic E-state index is 9.69. The molecule has 0 fully saturated rings. The summed E-state index contributed by atoms with van der Waals surface area (Å²) in [4.78, 5) is 12.2. The Bertz CT molecular complexity index is 1180. The van der Waals surface area contributed by atoms with Crippen molar-refractivity contribution in [3.05, 3.63) is 120 Å². The van der Waals surface area contributed by atoms with Crippen molar-refractivity contribution in [2.24, 2.45) is 5.16 Å². The number of pyridine rings is 1. The van der Waals surface area contributed by atoms with E-state index in [4.69, 9.17) is 0 Å². The van der Waals surface area contributed by atoms with Crippen LogP contribution < -0.4 is 0 Å². The van der Waals surface area contributed by atoms with Gasteiger partial charge in [0.05, 0.1) is 0 Å². The van der Waals surface area contributed by atoms with Gasteiger partial charge < -0.3 is 5.21 Å². The molecule has 0 saturated heterocycles. The Kier molecular flexibility index (Phi) is 5.71. The minimum Gasteiger partial charge on any atom is -0.410 e. The highest BCUT2D eigenvalue weighted by molar-refractivity contribution is 6.13. The summed E-state index contributed by atoms with van der Waals surface area (Å²) in [6.45, 7) is 2.07. The van der Waals surface area contributed by atoms with E-state index in [1.54, 1.807) is 24.8 Å². The molecule has 0 bridgehead atoms. The summed E-state index contributed by atoms with van der Waals surface area (Å²) in [5.74, 6) is 0. The van der Waals surface area contributed by atoms with E-state index in [0.29, 0.717) is 5.71 Å². The third-order valence-corrected chi connectivity index (χ3v) is 4.89. The zero-order valence-corrected chi connectivity index (χ0v) is 16.5. The van der Waals surface area contributed by atoms with Crippen LogP contribution in [0.25, 0.3) is 16.7 Å². The van der Waals surface area contributed by atoms with Crippen LogP contribution in [0.4, 0.5) is 0 Å². The summed E-state index contributed by atoms with van der Waals surface area (Å²) < 4.78 is 0.